The summed E-state index contributed by atoms with van der Waals surface area (Å²) in [5.74, 6) is 6.76. The monoisotopic (exact) mass is 329 g/mol. The van der Waals surface area contributed by atoms with Crippen LogP contribution in [0.3, 0.4) is 0 Å². The van der Waals surface area contributed by atoms with Gasteiger partial charge in [-0.05, 0) is 58.4 Å². The van der Waals surface area contributed by atoms with Crippen LogP contribution in [0.15, 0.2) is 16.9 Å². The predicted octanol–water partition coefficient (Wildman–Crippen LogP) is 2.60. The third kappa shape index (κ3) is 3.58. The summed E-state index contributed by atoms with van der Waals surface area (Å²) >= 11 is 0. The highest BCUT2D eigenvalue weighted by molar-refractivity contribution is 5.18. The van der Waals surface area contributed by atoms with Gasteiger partial charge >= 0.3 is 0 Å². The summed E-state index contributed by atoms with van der Waals surface area (Å²) in [5.41, 5.74) is 1.73. The maximum Gasteiger partial charge on any atom is 0.254 e. The molecular formula is C20H27NO3. The van der Waals surface area contributed by atoms with E-state index in [0.29, 0.717) is 18.9 Å². The van der Waals surface area contributed by atoms with Crippen molar-refractivity contribution in [1.82, 2.24) is 4.57 Å². The lowest BCUT2D eigenvalue weighted by Gasteiger charge is -2.34. The van der Waals surface area contributed by atoms with Crippen LogP contribution in [-0.2, 0) is 11.2 Å². The zero-order valence-electron chi connectivity index (χ0n) is 14.6. The summed E-state index contributed by atoms with van der Waals surface area (Å²) in [6.07, 6.45) is 5.32. The number of ether oxygens (including phenoxy) is 1. The number of hydrogen-bond donors (Lipinski definition) is 1. The topological polar surface area (TPSA) is 51.5 Å². The number of rotatable bonds is 3. The molecule has 2 heterocycles. The number of pyridine rings is 1. The summed E-state index contributed by atoms with van der Waals surface area (Å²) in [7, 11) is 0. The maximum atomic E-state index is 12.5. The summed E-state index contributed by atoms with van der Waals surface area (Å²) in [6, 6.07) is 3.61. The molecule has 130 valence electrons. The molecule has 0 bridgehead atoms. The van der Waals surface area contributed by atoms with E-state index in [9.17, 15) is 9.90 Å². The minimum Gasteiger partial charge on any atom is -0.391 e. The minimum absolute atomic E-state index is 0.00165. The zero-order chi connectivity index (χ0) is 17.1. The van der Waals surface area contributed by atoms with Gasteiger partial charge in [-0.3, -0.25) is 4.79 Å². The van der Waals surface area contributed by atoms with Crippen LogP contribution in [0.5, 0.6) is 0 Å². The second-order valence-corrected chi connectivity index (χ2v) is 7.06. The summed E-state index contributed by atoms with van der Waals surface area (Å²) in [6.45, 7) is 4.13. The maximum absolute atomic E-state index is 12.5. The first-order valence-electron chi connectivity index (χ1n) is 9.03. The molecule has 1 fully saturated rings. The molecule has 2 aliphatic rings. The van der Waals surface area contributed by atoms with Gasteiger partial charge in [0.2, 0.25) is 0 Å². The Hall–Kier alpha value is -1.57. The number of nitrogens with zero attached hydrogens (tertiary/aromatic N) is 1. The van der Waals surface area contributed by atoms with E-state index in [4.69, 9.17) is 4.74 Å². The number of aryl methyl sites for hydroxylation is 2. The largest absolute Gasteiger partial charge is 0.391 e. The molecule has 1 aromatic rings. The van der Waals surface area contributed by atoms with Crippen molar-refractivity contribution in [2.24, 2.45) is 5.92 Å². The molecule has 2 atom stereocenters. The van der Waals surface area contributed by atoms with Gasteiger partial charge in [0.1, 0.15) is 0 Å². The lowest BCUT2D eigenvalue weighted by Crippen LogP contribution is -2.42. The van der Waals surface area contributed by atoms with Crippen molar-refractivity contribution in [3.63, 3.8) is 0 Å². The molecule has 1 saturated carbocycles. The molecule has 4 nitrogen and oxygen atoms in total. The molecule has 1 aliphatic heterocycles. The van der Waals surface area contributed by atoms with E-state index in [1.54, 1.807) is 4.57 Å². The van der Waals surface area contributed by atoms with Gasteiger partial charge in [0.05, 0.1) is 24.9 Å². The van der Waals surface area contributed by atoms with Crippen LogP contribution in [0.25, 0.3) is 0 Å². The van der Waals surface area contributed by atoms with Crippen LogP contribution in [0.1, 0.15) is 56.3 Å². The van der Waals surface area contributed by atoms with Crippen LogP contribution >= 0.6 is 0 Å². The average molecular weight is 329 g/mol. The van der Waals surface area contributed by atoms with Crippen molar-refractivity contribution in [3.05, 3.63) is 33.7 Å². The fourth-order valence-corrected chi connectivity index (χ4v) is 3.92. The molecule has 1 aliphatic carbocycles. The molecule has 4 heteroatoms. The van der Waals surface area contributed by atoms with Gasteiger partial charge in [-0.2, -0.15) is 0 Å². The molecule has 3 rings (SSSR count). The lowest BCUT2D eigenvalue weighted by molar-refractivity contribution is -0.0304. The van der Waals surface area contributed by atoms with Gasteiger partial charge in [0.15, 0.2) is 0 Å². The highest BCUT2D eigenvalue weighted by Gasteiger charge is 2.30. The fourth-order valence-electron chi connectivity index (χ4n) is 3.92. The Morgan fingerprint density at radius 2 is 2.00 bits per heavy atom. The van der Waals surface area contributed by atoms with Gasteiger partial charge in [-0.1, -0.05) is 6.07 Å². The van der Waals surface area contributed by atoms with Gasteiger partial charge in [0, 0.05) is 17.2 Å². The van der Waals surface area contributed by atoms with Crippen molar-refractivity contribution in [2.75, 3.05) is 6.61 Å². The van der Waals surface area contributed by atoms with E-state index in [1.807, 2.05) is 26.0 Å². The van der Waals surface area contributed by atoms with Crippen molar-refractivity contribution in [1.29, 1.82) is 0 Å². The summed E-state index contributed by atoms with van der Waals surface area (Å²) in [5, 5.41) is 10.4. The molecule has 1 aromatic heterocycles. The third-order valence-electron chi connectivity index (χ3n) is 5.39. The van der Waals surface area contributed by atoms with Gasteiger partial charge < -0.3 is 14.4 Å². The van der Waals surface area contributed by atoms with Gasteiger partial charge in [0.25, 0.3) is 5.56 Å². The first-order valence-corrected chi connectivity index (χ1v) is 9.03. The Bertz CT molecular complexity index is 689. The lowest BCUT2D eigenvalue weighted by atomic mass is 9.88. The number of aromatic nitrogens is 1. The Morgan fingerprint density at radius 3 is 2.71 bits per heavy atom. The van der Waals surface area contributed by atoms with Crippen LogP contribution in [0.4, 0.5) is 0 Å². The van der Waals surface area contributed by atoms with Crippen molar-refractivity contribution >= 4 is 0 Å². The quantitative estimate of drug-likeness (QED) is 0.867. The van der Waals surface area contributed by atoms with E-state index in [0.717, 1.165) is 43.4 Å². The molecule has 24 heavy (non-hydrogen) atoms. The molecule has 0 amide bonds. The first-order chi connectivity index (χ1) is 11.6. The van der Waals surface area contributed by atoms with Gasteiger partial charge in [-0.25, -0.2) is 0 Å². The molecule has 0 saturated heterocycles. The first kappa shape index (κ1) is 17.3. The van der Waals surface area contributed by atoms with E-state index in [-0.39, 0.29) is 17.7 Å². The highest BCUT2D eigenvalue weighted by Crippen LogP contribution is 2.29. The Kier molecular flexibility index (Phi) is 5.43. The highest BCUT2D eigenvalue weighted by atomic mass is 16.5. The summed E-state index contributed by atoms with van der Waals surface area (Å²) in [4.78, 5) is 12.5. The van der Waals surface area contributed by atoms with Crippen LogP contribution in [0, 0.1) is 24.7 Å². The SMILES string of the molecule is CC#C[C@H]1CC[C@@H](OCC2C(O)CCc3ccc(C)c(=O)n32)CC1. The second kappa shape index (κ2) is 7.55. The zero-order valence-corrected chi connectivity index (χ0v) is 14.6. The van der Waals surface area contributed by atoms with Crippen molar-refractivity contribution < 1.29 is 9.84 Å². The number of fused-ring (bicyclic) bond motifs is 1. The minimum atomic E-state index is -0.515. The molecule has 2 unspecified atom stereocenters. The van der Waals surface area contributed by atoms with Crippen LogP contribution in [-0.4, -0.2) is 28.5 Å². The normalized spacial score (nSPS) is 29.5. The van der Waals surface area contributed by atoms with E-state index in [1.165, 1.54) is 0 Å². The summed E-state index contributed by atoms with van der Waals surface area (Å²) < 4.78 is 7.86. The number of aliphatic hydroxyl groups is 1. The molecule has 1 N–H and O–H groups in total. The second-order valence-electron chi connectivity index (χ2n) is 7.06. The molecular weight excluding hydrogens is 302 g/mol. The van der Waals surface area contributed by atoms with Crippen molar-refractivity contribution in [3.8, 4) is 11.8 Å². The third-order valence-corrected chi connectivity index (χ3v) is 5.39. The molecule has 0 spiro atoms. The van der Waals surface area contributed by atoms with E-state index >= 15 is 0 Å². The molecule has 0 aromatic carbocycles. The molecule has 0 radical (unpaired) electrons. The van der Waals surface area contributed by atoms with Gasteiger partial charge in [-0.15, -0.1) is 11.8 Å². The van der Waals surface area contributed by atoms with Crippen LogP contribution < -0.4 is 5.56 Å². The number of hydrogen-bond acceptors (Lipinski definition) is 3. The van der Waals surface area contributed by atoms with E-state index in [2.05, 4.69) is 11.8 Å². The number of aliphatic hydroxyl groups excluding tert-OH is 1. The average Bonchev–Trinajstić information content (AvgIpc) is 2.59. The Labute approximate surface area is 143 Å². The predicted molar refractivity (Wildman–Crippen MR) is 94.0 cm³/mol. The Balaban J connectivity index is 1.67. The van der Waals surface area contributed by atoms with E-state index < -0.39 is 6.10 Å². The fraction of sp³-hybridized carbons (Fsp3) is 0.650. The Morgan fingerprint density at radius 1 is 1.25 bits per heavy atom. The van der Waals surface area contributed by atoms with Crippen LogP contribution in [0.2, 0.25) is 0 Å². The standard InChI is InChI=1S/C20H27NO3/c1-3-4-15-6-10-17(11-7-15)24-13-18-19(22)12-9-16-8-5-14(2)20(23)21(16)18/h5,8,15,17-19,22H,6-7,9-13H2,1-2H3/t15-,17+,18?,19?. The van der Waals surface area contributed by atoms with Crippen molar-refractivity contribution in [2.45, 2.75) is 70.6 Å². The smallest absolute Gasteiger partial charge is 0.254 e.